The quantitative estimate of drug-likeness (QED) is 0.761. The number of carbonyl (C=O) groups excluding carboxylic acids is 1. The minimum atomic E-state index is -0.395. The molecule has 1 unspecified atom stereocenters. The fourth-order valence-corrected chi connectivity index (χ4v) is 2.30. The number of nitrogens with zero attached hydrogens (tertiary/aromatic N) is 1. The highest BCUT2D eigenvalue weighted by Gasteiger charge is 2.28. The van der Waals surface area contributed by atoms with Crippen LogP contribution in [-0.4, -0.2) is 43.2 Å². The van der Waals surface area contributed by atoms with Gasteiger partial charge in [0.25, 0.3) is 5.91 Å². The van der Waals surface area contributed by atoms with Crippen LogP contribution in [0.2, 0.25) is 0 Å². The van der Waals surface area contributed by atoms with Crippen molar-refractivity contribution in [2.75, 3.05) is 20.7 Å². The van der Waals surface area contributed by atoms with E-state index in [1.807, 2.05) is 0 Å². The van der Waals surface area contributed by atoms with Crippen LogP contribution >= 0.6 is 0 Å². The molecule has 1 rings (SSSR count). The molecule has 0 spiro atoms. The van der Waals surface area contributed by atoms with Gasteiger partial charge in [0.15, 0.2) is 0 Å². The maximum atomic E-state index is 11.6. The Labute approximate surface area is 104 Å². The Kier molecular flexibility index (Phi) is 5.40. The second-order valence-corrected chi connectivity index (χ2v) is 5.46. The Bertz CT molecular complexity index is 246. The molecular formula is C13H26N2O2. The zero-order valence-electron chi connectivity index (χ0n) is 11.4. The van der Waals surface area contributed by atoms with Crippen molar-refractivity contribution < 1.29 is 9.53 Å². The average molecular weight is 242 g/mol. The minimum absolute atomic E-state index is 0.00206. The predicted octanol–water partition coefficient (Wildman–Crippen LogP) is 1.53. The van der Waals surface area contributed by atoms with Crippen LogP contribution in [0.5, 0.6) is 0 Å². The first-order valence-corrected chi connectivity index (χ1v) is 6.56. The number of amides is 1. The van der Waals surface area contributed by atoms with E-state index in [4.69, 9.17) is 10.5 Å². The Morgan fingerprint density at radius 3 is 2.29 bits per heavy atom. The minimum Gasteiger partial charge on any atom is -0.367 e. The zero-order chi connectivity index (χ0) is 12.9. The second-order valence-electron chi connectivity index (χ2n) is 5.46. The number of likely N-dealkylation sites (N-methyl/N-ethyl adjacent to an activating group) is 1. The fraction of sp³-hybridized carbons (Fsp3) is 0.923. The smallest absolute Gasteiger partial charge is 0.250 e. The molecule has 1 aliphatic carbocycles. The summed E-state index contributed by atoms with van der Waals surface area (Å²) in [4.78, 5) is 13.2. The molecule has 0 radical (unpaired) electrons. The summed E-state index contributed by atoms with van der Waals surface area (Å²) in [5.74, 6) is 0.00206. The van der Waals surface area contributed by atoms with E-state index in [1.165, 1.54) is 25.7 Å². The molecule has 0 heterocycles. The number of nitrogens with two attached hydrogens (primary N) is 1. The van der Waals surface area contributed by atoms with Gasteiger partial charge in [0.2, 0.25) is 0 Å². The second kappa shape index (κ2) is 6.36. The van der Waals surface area contributed by atoms with Crippen LogP contribution < -0.4 is 5.73 Å². The third-order valence-corrected chi connectivity index (χ3v) is 3.51. The van der Waals surface area contributed by atoms with Crippen molar-refractivity contribution in [2.45, 2.75) is 57.1 Å². The van der Waals surface area contributed by atoms with Gasteiger partial charge in [0.1, 0.15) is 6.10 Å². The molecule has 0 aliphatic heterocycles. The highest BCUT2D eigenvalue weighted by atomic mass is 16.5. The summed E-state index contributed by atoms with van der Waals surface area (Å²) in [6, 6.07) is 0. The third-order valence-electron chi connectivity index (χ3n) is 3.51. The number of carbonyl (C=O) groups is 1. The monoisotopic (exact) mass is 242 g/mol. The summed E-state index contributed by atoms with van der Waals surface area (Å²) in [5.41, 5.74) is 6.11. The van der Waals surface area contributed by atoms with Crippen LogP contribution in [0.15, 0.2) is 0 Å². The normalized spacial score (nSPS) is 21.6. The van der Waals surface area contributed by atoms with E-state index >= 15 is 0 Å². The van der Waals surface area contributed by atoms with Crippen molar-refractivity contribution in [3.63, 3.8) is 0 Å². The molecule has 0 saturated heterocycles. The molecule has 1 saturated carbocycles. The van der Waals surface area contributed by atoms with Gasteiger partial charge in [-0.15, -0.1) is 0 Å². The summed E-state index contributed by atoms with van der Waals surface area (Å²) in [6.45, 7) is 2.29. The van der Waals surface area contributed by atoms with Gasteiger partial charge in [-0.2, -0.15) is 0 Å². The maximum absolute atomic E-state index is 11.6. The van der Waals surface area contributed by atoms with Gasteiger partial charge >= 0.3 is 0 Å². The summed E-state index contributed by atoms with van der Waals surface area (Å²) in [5, 5.41) is 0. The van der Waals surface area contributed by atoms with E-state index < -0.39 is 6.10 Å². The lowest BCUT2D eigenvalue weighted by Gasteiger charge is -2.29. The standard InChI is InChI=1S/C13H26N2O2/c1-11(12(16)15(2)3)17-10-13(14)8-6-4-5-7-9-13/h11H,4-10,14H2,1-3H3. The molecule has 1 atom stereocenters. The highest BCUT2D eigenvalue weighted by Crippen LogP contribution is 2.25. The molecular weight excluding hydrogens is 216 g/mol. The summed E-state index contributed by atoms with van der Waals surface area (Å²) in [6.07, 6.45) is 6.52. The molecule has 1 aliphatic rings. The van der Waals surface area contributed by atoms with Gasteiger partial charge in [-0.25, -0.2) is 0 Å². The number of hydrogen-bond donors (Lipinski definition) is 1. The van der Waals surface area contributed by atoms with Crippen LogP contribution in [0.4, 0.5) is 0 Å². The molecule has 17 heavy (non-hydrogen) atoms. The Morgan fingerprint density at radius 2 is 1.82 bits per heavy atom. The van der Waals surface area contributed by atoms with E-state index in [0.717, 1.165) is 12.8 Å². The van der Waals surface area contributed by atoms with Gasteiger partial charge in [-0.05, 0) is 19.8 Å². The molecule has 0 aromatic heterocycles. The maximum Gasteiger partial charge on any atom is 0.250 e. The number of hydrogen-bond acceptors (Lipinski definition) is 3. The van der Waals surface area contributed by atoms with Gasteiger partial charge in [-0.3, -0.25) is 4.79 Å². The Morgan fingerprint density at radius 1 is 1.29 bits per heavy atom. The molecule has 2 N–H and O–H groups in total. The largest absolute Gasteiger partial charge is 0.367 e. The van der Waals surface area contributed by atoms with E-state index in [-0.39, 0.29) is 11.4 Å². The molecule has 1 amide bonds. The third kappa shape index (κ3) is 4.64. The van der Waals surface area contributed by atoms with E-state index in [9.17, 15) is 4.79 Å². The van der Waals surface area contributed by atoms with Crippen LogP contribution in [0.3, 0.4) is 0 Å². The zero-order valence-corrected chi connectivity index (χ0v) is 11.4. The van der Waals surface area contributed by atoms with E-state index in [1.54, 1.807) is 25.9 Å². The van der Waals surface area contributed by atoms with Crippen molar-refractivity contribution in [2.24, 2.45) is 5.73 Å². The molecule has 0 bridgehead atoms. The van der Waals surface area contributed by atoms with Gasteiger partial charge in [0.05, 0.1) is 6.61 Å². The molecule has 0 aromatic rings. The number of ether oxygens (including phenoxy) is 1. The predicted molar refractivity (Wildman–Crippen MR) is 68.7 cm³/mol. The van der Waals surface area contributed by atoms with E-state index in [0.29, 0.717) is 6.61 Å². The molecule has 1 fully saturated rings. The van der Waals surface area contributed by atoms with Gasteiger partial charge in [0, 0.05) is 19.6 Å². The van der Waals surface area contributed by atoms with Crippen LogP contribution in [0, 0.1) is 0 Å². The van der Waals surface area contributed by atoms with Gasteiger partial charge in [-0.1, -0.05) is 25.7 Å². The summed E-state index contributed by atoms with van der Waals surface area (Å²) >= 11 is 0. The van der Waals surface area contributed by atoms with Crippen molar-refractivity contribution in [1.82, 2.24) is 4.90 Å². The highest BCUT2D eigenvalue weighted by molar-refractivity contribution is 5.79. The number of rotatable bonds is 4. The lowest BCUT2D eigenvalue weighted by atomic mass is 9.92. The topological polar surface area (TPSA) is 55.6 Å². The first-order chi connectivity index (χ1) is 7.94. The first-order valence-electron chi connectivity index (χ1n) is 6.56. The van der Waals surface area contributed by atoms with Crippen molar-refractivity contribution in [3.8, 4) is 0 Å². The summed E-state index contributed by atoms with van der Waals surface area (Å²) < 4.78 is 5.65. The molecule has 4 heteroatoms. The first kappa shape index (κ1) is 14.5. The van der Waals surface area contributed by atoms with Crippen LogP contribution in [-0.2, 0) is 9.53 Å². The average Bonchev–Trinajstić information content (AvgIpc) is 2.50. The van der Waals surface area contributed by atoms with Crippen molar-refractivity contribution >= 4 is 5.91 Å². The van der Waals surface area contributed by atoms with Crippen molar-refractivity contribution in [3.05, 3.63) is 0 Å². The lowest BCUT2D eigenvalue weighted by Crippen LogP contribution is -2.46. The van der Waals surface area contributed by atoms with Crippen LogP contribution in [0.1, 0.15) is 45.4 Å². The van der Waals surface area contributed by atoms with Crippen LogP contribution in [0.25, 0.3) is 0 Å². The Balaban J connectivity index is 2.40. The van der Waals surface area contributed by atoms with E-state index in [2.05, 4.69) is 0 Å². The van der Waals surface area contributed by atoms with Crippen molar-refractivity contribution in [1.29, 1.82) is 0 Å². The fourth-order valence-electron chi connectivity index (χ4n) is 2.30. The summed E-state index contributed by atoms with van der Waals surface area (Å²) in [7, 11) is 3.48. The SMILES string of the molecule is CC(OCC1(N)CCCCCC1)C(=O)N(C)C. The lowest BCUT2D eigenvalue weighted by molar-refractivity contribution is -0.141. The molecule has 4 nitrogen and oxygen atoms in total. The Hall–Kier alpha value is -0.610. The molecule has 100 valence electrons. The molecule has 0 aromatic carbocycles. The van der Waals surface area contributed by atoms with Gasteiger partial charge < -0.3 is 15.4 Å².